The lowest BCUT2D eigenvalue weighted by Crippen LogP contribution is -2.47. The molecule has 0 aliphatic carbocycles. The number of hydrogen-bond donors (Lipinski definition) is 1. The average molecular weight is 291 g/mol. The summed E-state index contributed by atoms with van der Waals surface area (Å²) < 4.78 is 5.73. The van der Waals surface area contributed by atoms with E-state index in [4.69, 9.17) is 10.5 Å². The van der Waals surface area contributed by atoms with Crippen LogP contribution >= 0.6 is 12.4 Å². The highest BCUT2D eigenvalue weighted by Gasteiger charge is 2.41. The van der Waals surface area contributed by atoms with E-state index in [-0.39, 0.29) is 35.9 Å². The van der Waals surface area contributed by atoms with Crippen molar-refractivity contribution in [1.82, 2.24) is 4.90 Å². The second-order valence-electron chi connectivity index (χ2n) is 6.62. The second-order valence-corrected chi connectivity index (χ2v) is 6.62. The van der Waals surface area contributed by atoms with E-state index in [1.807, 2.05) is 4.90 Å². The maximum absolute atomic E-state index is 12.5. The van der Waals surface area contributed by atoms with Gasteiger partial charge in [0.1, 0.15) is 6.10 Å². The van der Waals surface area contributed by atoms with Crippen LogP contribution in [0.3, 0.4) is 0 Å². The molecule has 0 aromatic heterocycles. The molecule has 3 atom stereocenters. The van der Waals surface area contributed by atoms with Crippen molar-refractivity contribution in [2.24, 2.45) is 11.1 Å². The van der Waals surface area contributed by atoms with E-state index in [0.717, 1.165) is 32.2 Å². The van der Waals surface area contributed by atoms with E-state index < -0.39 is 0 Å². The minimum absolute atomic E-state index is 0. The Balaban J connectivity index is 0.00000180. The van der Waals surface area contributed by atoms with Crippen LogP contribution in [0.25, 0.3) is 0 Å². The SMILES string of the molecule is CC(C)(C)C1CCCN1C(=O)[C@@H]1CC[C@H](CN)O1.Cl. The van der Waals surface area contributed by atoms with Gasteiger partial charge >= 0.3 is 0 Å². The first-order valence-electron chi connectivity index (χ1n) is 7.09. The highest BCUT2D eigenvalue weighted by Crippen LogP contribution is 2.34. The second kappa shape index (κ2) is 6.42. The Morgan fingerprint density at radius 2 is 2.00 bits per heavy atom. The van der Waals surface area contributed by atoms with Gasteiger partial charge in [0.15, 0.2) is 0 Å². The van der Waals surface area contributed by atoms with Gasteiger partial charge in [-0.1, -0.05) is 20.8 Å². The van der Waals surface area contributed by atoms with Gasteiger partial charge in [-0.25, -0.2) is 0 Å². The third-order valence-electron chi connectivity index (χ3n) is 4.18. The standard InChI is InChI=1S/C14H26N2O2.ClH/c1-14(2,3)12-5-4-8-16(12)13(17)11-7-6-10(9-15)18-11;/h10-12H,4-9,15H2,1-3H3;1H/t10-,11+,12?;/m1./s1. The number of carbonyl (C=O) groups excluding carboxylic acids is 1. The van der Waals surface area contributed by atoms with Crippen LogP contribution in [0.2, 0.25) is 0 Å². The Bertz CT molecular complexity index is 317. The first-order valence-corrected chi connectivity index (χ1v) is 7.09. The Kier molecular flexibility index (Phi) is 5.65. The summed E-state index contributed by atoms with van der Waals surface area (Å²) in [7, 11) is 0. The van der Waals surface area contributed by atoms with E-state index in [9.17, 15) is 4.79 Å². The molecule has 2 N–H and O–H groups in total. The first kappa shape index (κ1) is 16.7. The number of nitrogens with zero attached hydrogens (tertiary/aromatic N) is 1. The Morgan fingerprint density at radius 3 is 2.53 bits per heavy atom. The topological polar surface area (TPSA) is 55.6 Å². The van der Waals surface area contributed by atoms with Crippen molar-refractivity contribution in [2.75, 3.05) is 13.1 Å². The van der Waals surface area contributed by atoms with Crippen molar-refractivity contribution in [3.63, 3.8) is 0 Å². The summed E-state index contributed by atoms with van der Waals surface area (Å²) in [5.41, 5.74) is 5.75. The third kappa shape index (κ3) is 3.61. The first-order chi connectivity index (χ1) is 8.43. The zero-order chi connectivity index (χ0) is 13.3. The number of halogens is 1. The molecule has 1 amide bonds. The summed E-state index contributed by atoms with van der Waals surface area (Å²) in [6.07, 6.45) is 3.80. The highest BCUT2D eigenvalue weighted by molar-refractivity contribution is 5.85. The van der Waals surface area contributed by atoms with E-state index >= 15 is 0 Å². The number of nitrogens with two attached hydrogens (primary N) is 1. The van der Waals surface area contributed by atoms with Crippen LogP contribution < -0.4 is 5.73 Å². The molecule has 0 aromatic carbocycles. The fourth-order valence-electron chi connectivity index (χ4n) is 3.18. The van der Waals surface area contributed by atoms with Gasteiger partial charge in [0.2, 0.25) is 0 Å². The van der Waals surface area contributed by atoms with Gasteiger partial charge in [-0.15, -0.1) is 12.4 Å². The van der Waals surface area contributed by atoms with Crippen molar-refractivity contribution in [3.8, 4) is 0 Å². The van der Waals surface area contributed by atoms with Crippen LogP contribution in [-0.4, -0.2) is 42.1 Å². The van der Waals surface area contributed by atoms with Crippen molar-refractivity contribution >= 4 is 18.3 Å². The van der Waals surface area contributed by atoms with Crippen LogP contribution in [0.5, 0.6) is 0 Å². The molecule has 2 rings (SSSR count). The van der Waals surface area contributed by atoms with Crippen molar-refractivity contribution in [3.05, 3.63) is 0 Å². The van der Waals surface area contributed by atoms with Gasteiger partial charge in [-0.05, 0) is 31.1 Å². The summed E-state index contributed by atoms with van der Waals surface area (Å²) in [5, 5.41) is 0. The minimum Gasteiger partial charge on any atom is -0.364 e. The average Bonchev–Trinajstić information content (AvgIpc) is 2.96. The monoisotopic (exact) mass is 290 g/mol. The zero-order valence-corrected chi connectivity index (χ0v) is 13.0. The van der Waals surface area contributed by atoms with Gasteiger partial charge in [0.25, 0.3) is 5.91 Å². The molecule has 0 aromatic rings. The largest absolute Gasteiger partial charge is 0.364 e. The number of rotatable bonds is 2. The lowest BCUT2D eigenvalue weighted by Gasteiger charge is -2.36. The molecule has 2 heterocycles. The van der Waals surface area contributed by atoms with Gasteiger partial charge in [-0.3, -0.25) is 4.79 Å². The molecule has 2 fully saturated rings. The fourth-order valence-corrected chi connectivity index (χ4v) is 3.18. The number of likely N-dealkylation sites (tertiary alicyclic amines) is 1. The predicted octanol–water partition coefficient (Wildman–Crippen LogP) is 1.95. The molecule has 112 valence electrons. The van der Waals surface area contributed by atoms with Crippen LogP contribution in [0.1, 0.15) is 46.5 Å². The third-order valence-corrected chi connectivity index (χ3v) is 4.18. The van der Waals surface area contributed by atoms with E-state index in [2.05, 4.69) is 20.8 Å². The Morgan fingerprint density at radius 1 is 1.32 bits per heavy atom. The fraction of sp³-hybridized carbons (Fsp3) is 0.929. The summed E-state index contributed by atoms with van der Waals surface area (Å²) in [6, 6.07) is 0.352. The molecule has 0 saturated carbocycles. The number of ether oxygens (including phenoxy) is 1. The number of carbonyl (C=O) groups is 1. The Labute approximate surface area is 122 Å². The molecule has 5 heteroatoms. The number of hydrogen-bond acceptors (Lipinski definition) is 3. The zero-order valence-electron chi connectivity index (χ0n) is 12.2. The highest BCUT2D eigenvalue weighted by atomic mass is 35.5. The van der Waals surface area contributed by atoms with Crippen LogP contribution in [0.15, 0.2) is 0 Å². The van der Waals surface area contributed by atoms with Crippen LogP contribution in [0, 0.1) is 5.41 Å². The quantitative estimate of drug-likeness (QED) is 0.846. The maximum atomic E-state index is 12.5. The molecule has 2 aliphatic rings. The lowest BCUT2D eigenvalue weighted by molar-refractivity contribution is -0.145. The molecule has 1 unspecified atom stereocenters. The summed E-state index contributed by atoms with van der Waals surface area (Å²) in [4.78, 5) is 14.6. The van der Waals surface area contributed by atoms with Crippen molar-refractivity contribution < 1.29 is 9.53 Å². The molecule has 0 bridgehead atoms. The molecule has 2 saturated heterocycles. The van der Waals surface area contributed by atoms with E-state index in [1.54, 1.807) is 0 Å². The Hall–Kier alpha value is -0.320. The van der Waals surface area contributed by atoms with Gasteiger partial charge in [0.05, 0.1) is 6.10 Å². The molecule has 0 spiro atoms. The summed E-state index contributed by atoms with van der Waals surface area (Å²) in [6.45, 7) is 8.03. The molecular weight excluding hydrogens is 264 g/mol. The predicted molar refractivity (Wildman–Crippen MR) is 78.4 cm³/mol. The van der Waals surface area contributed by atoms with E-state index in [0.29, 0.717) is 12.6 Å². The van der Waals surface area contributed by atoms with Gasteiger partial charge in [0, 0.05) is 19.1 Å². The minimum atomic E-state index is -0.249. The molecule has 19 heavy (non-hydrogen) atoms. The van der Waals surface area contributed by atoms with Crippen molar-refractivity contribution in [2.45, 2.75) is 64.7 Å². The summed E-state index contributed by atoms with van der Waals surface area (Å²) in [5.74, 6) is 0.184. The number of amides is 1. The molecule has 4 nitrogen and oxygen atoms in total. The van der Waals surface area contributed by atoms with Gasteiger partial charge in [-0.2, -0.15) is 0 Å². The maximum Gasteiger partial charge on any atom is 0.251 e. The van der Waals surface area contributed by atoms with Crippen LogP contribution in [-0.2, 0) is 9.53 Å². The van der Waals surface area contributed by atoms with E-state index in [1.165, 1.54) is 0 Å². The van der Waals surface area contributed by atoms with Gasteiger partial charge < -0.3 is 15.4 Å². The normalized spacial score (nSPS) is 31.4. The molecule has 2 aliphatic heterocycles. The molecule has 0 radical (unpaired) electrons. The summed E-state index contributed by atoms with van der Waals surface area (Å²) >= 11 is 0. The van der Waals surface area contributed by atoms with Crippen LogP contribution in [0.4, 0.5) is 0 Å². The molecular formula is C14H27ClN2O2. The van der Waals surface area contributed by atoms with Crippen molar-refractivity contribution in [1.29, 1.82) is 0 Å². The smallest absolute Gasteiger partial charge is 0.251 e. The lowest BCUT2D eigenvalue weighted by atomic mass is 9.85.